The molecule has 0 bridgehead atoms. The molecule has 4 N–H and O–H groups in total. The first-order valence-corrected chi connectivity index (χ1v) is 5.10. The zero-order valence-electron chi connectivity index (χ0n) is 9.00. The molecule has 0 aliphatic heterocycles. The molecular formula is C10H12N6O. The summed E-state index contributed by atoms with van der Waals surface area (Å²) < 4.78 is 0. The molecule has 0 aliphatic carbocycles. The number of H-pyrrole nitrogens is 1. The number of aromatic amines is 1. The van der Waals surface area contributed by atoms with Crippen molar-refractivity contribution in [1.82, 2.24) is 20.6 Å². The van der Waals surface area contributed by atoms with Gasteiger partial charge in [0.05, 0.1) is 6.04 Å². The van der Waals surface area contributed by atoms with Gasteiger partial charge in [0.25, 0.3) is 0 Å². The predicted octanol–water partition coefficient (Wildman–Crippen LogP) is -0.292. The van der Waals surface area contributed by atoms with Gasteiger partial charge in [0.2, 0.25) is 11.9 Å². The summed E-state index contributed by atoms with van der Waals surface area (Å²) in [5, 5.41) is 15.1. The lowest BCUT2D eigenvalue weighted by molar-refractivity contribution is -0.117. The zero-order chi connectivity index (χ0) is 12.1. The predicted molar refractivity (Wildman–Crippen MR) is 60.9 cm³/mol. The van der Waals surface area contributed by atoms with Crippen LogP contribution in [0.3, 0.4) is 0 Å². The van der Waals surface area contributed by atoms with Crippen LogP contribution in [0.1, 0.15) is 5.56 Å². The molecule has 1 aromatic heterocycles. The molecule has 0 fully saturated rings. The number of hydrogen-bond donors (Lipinski definition) is 3. The van der Waals surface area contributed by atoms with Gasteiger partial charge in [-0.15, -0.1) is 0 Å². The molecule has 0 spiro atoms. The Balaban J connectivity index is 1.92. The van der Waals surface area contributed by atoms with E-state index in [0.29, 0.717) is 6.42 Å². The number of hydrogen-bond acceptors (Lipinski definition) is 5. The Hall–Kier alpha value is -2.28. The summed E-state index contributed by atoms with van der Waals surface area (Å²) in [5.74, 6) is -0.133. The average Bonchev–Trinajstić information content (AvgIpc) is 2.83. The number of benzene rings is 1. The number of nitrogens with zero attached hydrogens (tertiary/aromatic N) is 3. The number of carbonyl (C=O) groups is 1. The Bertz CT molecular complexity index is 469. The van der Waals surface area contributed by atoms with Gasteiger partial charge in [0, 0.05) is 0 Å². The number of amides is 1. The fourth-order valence-corrected chi connectivity index (χ4v) is 1.38. The Morgan fingerprint density at radius 1 is 1.41 bits per heavy atom. The van der Waals surface area contributed by atoms with E-state index in [2.05, 4.69) is 25.9 Å². The minimum atomic E-state index is -0.637. The van der Waals surface area contributed by atoms with Crippen LogP contribution in [0.5, 0.6) is 0 Å². The maximum Gasteiger partial charge on any atom is 0.246 e. The lowest BCUT2D eigenvalue weighted by Gasteiger charge is -2.10. The maximum absolute atomic E-state index is 11.7. The molecule has 1 aromatic carbocycles. The number of nitrogens with one attached hydrogen (secondary N) is 2. The Kier molecular flexibility index (Phi) is 3.41. The van der Waals surface area contributed by atoms with Crippen LogP contribution in [-0.4, -0.2) is 32.6 Å². The molecule has 1 heterocycles. The topological polar surface area (TPSA) is 110 Å². The number of aromatic nitrogens is 4. The van der Waals surface area contributed by atoms with Crippen molar-refractivity contribution >= 4 is 11.9 Å². The highest BCUT2D eigenvalue weighted by Gasteiger charge is 2.15. The van der Waals surface area contributed by atoms with Gasteiger partial charge in [0.1, 0.15) is 0 Å². The average molecular weight is 232 g/mol. The van der Waals surface area contributed by atoms with Crippen molar-refractivity contribution in [2.45, 2.75) is 12.5 Å². The molecule has 0 saturated carbocycles. The van der Waals surface area contributed by atoms with Crippen LogP contribution in [0, 0.1) is 0 Å². The van der Waals surface area contributed by atoms with E-state index in [1.54, 1.807) is 0 Å². The van der Waals surface area contributed by atoms with Crippen molar-refractivity contribution < 1.29 is 4.79 Å². The highest BCUT2D eigenvalue weighted by molar-refractivity contribution is 5.93. The second kappa shape index (κ2) is 5.17. The first kappa shape index (κ1) is 11.2. The molecule has 1 atom stereocenters. The maximum atomic E-state index is 11.7. The molecule has 2 rings (SSSR count). The van der Waals surface area contributed by atoms with E-state index in [0.717, 1.165) is 5.56 Å². The third-order valence-corrected chi connectivity index (χ3v) is 2.22. The first-order chi connectivity index (χ1) is 8.25. The Morgan fingerprint density at radius 2 is 2.18 bits per heavy atom. The molecule has 0 saturated heterocycles. The summed E-state index contributed by atoms with van der Waals surface area (Å²) in [6.45, 7) is 0. The summed E-state index contributed by atoms with van der Waals surface area (Å²) in [7, 11) is 0. The second-order valence-electron chi connectivity index (χ2n) is 3.54. The van der Waals surface area contributed by atoms with Crippen LogP contribution in [-0.2, 0) is 11.2 Å². The molecule has 1 amide bonds. The van der Waals surface area contributed by atoms with Gasteiger partial charge in [0.15, 0.2) is 0 Å². The van der Waals surface area contributed by atoms with E-state index in [4.69, 9.17) is 5.73 Å². The monoisotopic (exact) mass is 232 g/mol. The van der Waals surface area contributed by atoms with E-state index in [1.165, 1.54) is 0 Å². The van der Waals surface area contributed by atoms with Gasteiger partial charge < -0.3 is 5.73 Å². The van der Waals surface area contributed by atoms with E-state index in [9.17, 15) is 4.79 Å². The molecule has 0 aliphatic rings. The van der Waals surface area contributed by atoms with Crippen LogP contribution in [0.4, 0.5) is 5.95 Å². The van der Waals surface area contributed by atoms with Crippen LogP contribution < -0.4 is 11.1 Å². The highest BCUT2D eigenvalue weighted by atomic mass is 16.2. The van der Waals surface area contributed by atoms with E-state index >= 15 is 0 Å². The highest BCUT2D eigenvalue weighted by Crippen LogP contribution is 2.03. The van der Waals surface area contributed by atoms with Crippen LogP contribution in [0.25, 0.3) is 0 Å². The third kappa shape index (κ3) is 3.08. The molecular weight excluding hydrogens is 220 g/mol. The summed E-state index contributed by atoms with van der Waals surface area (Å²) in [6.07, 6.45) is 0.467. The first-order valence-electron chi connectivity index (χ1n) is 5.10. The molecule has 2 aromatic rings. The number of rotatable bonds is 4. The fraction of sp³-hybridized carbons (Fsp3) is 0.200. The van der Waals surface area contributed by atoms with Gasteiger partial charge in [-0.3, -0.25) is 10.1 Å². The summed E-state index contributed by atoms with van der Waals surface area (Å²) in [4.78, 5) is 11.7. The van der Waals surface area contributed by atoms with Crippen molar-refractivity contribution in [2.75, 3.05) is 5.32 Å². The summed E-state index contributed by atoms with van der Waals surface area (Å²) in [6, 6.07) is 8.92. The van der Waals surface area contributed by atoms with Crippen molar-refractivity contribution in [1.29, 1.82) is 0 Å². The minimum absolute atomic E-state index is 0.193. The van der Waals surface area contributed by atoms with Gasteiger partial charge in [-0.05, 0) is 22.4 Å². The molecule has 7 nitrogen and oxygen atoms in total. The fourth-order valence-electron chi connectivity index (χ4n) is 1.38. The number of nitrogens with two attached hydrogens (primary N) is 1. The summed E-state index contributed by atoms with van der Waals surface area (Å²) >= 11 is 0. The number of tetrazole rings is 1. The summed E-state index contributed by atoms with van der Waals surface area (Å²) in [5.41, 5.74) is 6.78. The van der Waals surface area contributed by atoms with Crippen LogP contribution in [0.2, 0.25) is 0 Å². The number of carbonyl (C=O) groups excluding carboxylic acids is 1. The van der Waals surface area contributed by atoms with E-state index in [-0.39, 0.29) is 11.9 Å². The molecule has 1 unspecified atom stereocenters. The van der Waals surface area contributed by atoms with Gasteiger partial charge in [-0.2, -0.15) is 0 Å². The minimum Gasteiger partial charge on any atom is -0.320 e. The lowest BCUT2D eigenvalue weighted by Crippen LogP contribution is -2.37. The Labute approximate surface area is 97.4 Å². The largest absolute Gasteiger partial charge is 0.320 e. The zero-order valence-corrected chi connectivity index (χ0v) is 9.00. The Morgan fingerprint density at radius 3 is 2.82 bits per heavy atom. The van der Waals surface area contributed by atoms with Crippen molar-refractivity contribution in [2.24, 2.45) is 5.73 Å². The quantitative estimate of drug-likeness (QED) is 0.671. The van der Waals surface area contributed by atoms with Gasteiger partial charge in [-0.1, -0.05) is 35.4 Å². The smallest absolute Gasteiger partial charge is 0.246 e. The van der Waals surface area contributed by atoms with Crippen molar-refractivity contribution in [3.05, 3.63) is 35.9 Å². The number of anilines is 1. The standard InChI is InChI=1S/C10H12N6O/c11-8(6-7-4-2-1-3-5-7)9(17)12-10-13-15-16-14-10/h1-5,8H,6,11H2,(H2,12,13,14,15,16,17). The molecule has 17 heavy (non-hydrogen) atoms. The second-order valence-corrected chi connectivity index (χ2v) is 3.54. The lowest BCUT2D eigenvalue weighted by atomic mass is 10.1. The molecule has 88 valence electrons. The molecule has 0 radical (unpaired) electrons. The molecule has 7 heteroatoms. The van der Waals surface area contributed by atoms with Crippen molar-refractivity contribution in [3.8, 4) is 0 Å². The van der Waals surface area contributed by atoms with Crippen LogP contribution >= 0.6 is 0 Å². The van der Waals surface area contributed by atoms with E-state index < -0.39 is 6.04 Å². The van der Waals surface area contributed by atoms with Crippen LogP contribution in [0.15, 0.2) is 30.3 Å². The van der Waals surface area contributed by atoms with E-state index in [1.807, 2.05) is 30.3 Å². The normalized spacial score (nSPS) is 12.1. The SMILES string of the molecule is NC(Cc1ccccc1)C(=O)Nc1nnn[nH]1. The van der Waals surface area contributed by atoms with Crippen molar-refractivity contribution in [3.63, 3.8) is 0 Å². The third-order valence-electron chi connectivity index (χ3n) is 2.22. The van der Waals surface area contributed by atoms with Gasteiger partial charge >= 0.3 is 0 Å². The van der Waals surface area contributed by atoms with Gasteiger partial charge in [-0.25, -0.2) is 5.10 Å².